The van der Waals surface area contributed by atoms with Crippen LogP contribution in [0, 0.1) is 24.0 Å². The number of carbonyl (C=O) groups is 1. The number of nitro groups is 1. The normalized spacial score (nSPS) is 10.5. The van der Waals surface area contributed by atoms with Gasteiger partial charge < -0.3 is 10.1 Å². The smallest absolute Gasteiger partial charge is 0.284 e. The highest BCUT2D eigenvalue weighted by atomic mass is 32.2. The largest absolute Gasteiger partial charge is 0.495 e. The van der Waals surface area contributed by atoms with E-state index in [1.54, 1.807) is 24.3 Å². The number of carbonyl (C=O) groups excluding carboxylic acids is 1. The number of anilines is 1. The summed E-state index contributed by atoms with van der Waals surface area (Å²) >= 11 is 2.63. The van der Waals surface area contributed by atoms with Crippen LogP contribution in [0.5, 0.6) is 5.75 Å². The van der Waals surface area contributed by atoms with Gasteiger partial charge in [-0.2, -0.15) is 0 Å². The monoisotopic (exact) mass is 415 g/mol. The molecule has 0 saturated carbocycles. The fourth-order valence-corrected chi connectivity index (χ4v) is 4.35. The predicted octanol–water partition coefficient (Wildman–Crippen LogP) is 5.08. The molecule has 0 saturated heterocycles. The molecule has 144 valence electrons. The lowest BCUT2D eigenvalue weighted by Crippen LogP contribution is -2.13. The summed E-state index contributed by atoms with van der Waals surface area (Å²) in [4.78, 5) is 28.4. The van der Waals surface area contributed by atoms with Crippen LogP contribution >= 0.6 is 23.1 Å². The highest BCUT2D eigenvalue weighted by molar-refractivity contribution is 8.01. The van der Waals surface area contributed by atoms with Gasteiger partial charge in [0.2, 0.25) is 0 Å². The third-order valence-corrected chi connectivity index (χ3v) is 5.94. The summed E-state index contributed by atoms with van der Waals surface area (Å²) in [7, 11) is 1.51. The first-order valence-corrected chi connectivity index (χ1v) is 9.91. The van der Waals surface area contributed by atoms with Gasteiger partial charge in [-0.1, -0.05) is 17.8 Å². The van der Waals surface area contributed by atoms with Crippen LogP contribution in [0.2, 0.25) is 0 Å². The van der Waals surface area contributed by atoms with Crippen LogP contribution in [0.4, 0.5) is 11.4 Å². The fraction of sp³-hybridized carbons (Fsp3) is 0.158. The van der Waals surface area contributed by atoms with Gasteiger partial charge in [0.1, 0.15) is 5.75 Å². The van der Waals surface area contributed by atoms with Crippen LogP contribution in [0.15, 0.2) is 51.0 Å². The Bertz CT molecular complexity index is 1050. The number of nitrogens with one attached hydrogen (secondary N) is 1. The summed E-state index contributed by atoms with van der Waals surface area (Å²) in [6.45, 7) is 3.76. The number of nitrogens with zero attached hydrogens (tertiary/aromatic N) is 2. The molecule has 0 atom stereocenters. The van der Waals surface area contributed by atoms with Crippen molar-refractivity contribution in [3.05, 3.63) is 68.7 Å². The maximum atomic E-state index is 12.6. The second-order valence-electron chi connectivity index (χ2n) is 5.95. The fourth-order valence-electron chi connectivity index (χ4n) is 2.47. The van der Waals surface area contributed by atoms with Crippen molar-refractivity contribution in [3.63, 3.8) is 0 Å². The molecular weight excluding hydrogens is 398 g/mol. The first kappa shape index (κ1) is 19.8. The van der Waals surface area contributed by atoms with Gasteiger partial charge in [0.15, 0.2) is 4.34 Å². The first-order chi connectivity index (χ1) is 13.4. The number of aryl methyl sites for hydroxylation is 2. The molecule has 0 aliphatic carbocycles. The number of methoxy groups -OCH3 is 1. The van der Waals surface area contributed by atoms with Crippen molar-refractivity contribution in [2.45, 2.75) is 23.1 Å². The third kappa shape index (κ3) is 4.49. The van der Waals surface area contributed by atoms with Gasteiger partial charge in [0, 0.05) is 22.7 Å². The number of nitro benzene ring substituents is 1. The molecule has 0 unspecified atom stereocenters. The van der Waals surface area contributed by atoms with Crippen molar-refractivity contribution in [3.8, 4) is 5.75 Å². The lowest BCUT2D eigenvalue weighted by Gasteiger charge is -2.11. The summed E-state index contributed by atoms with van der Waals surface area (Å²) in [5.41, 5.74) is 2.37. The van der Waals surface area contributed by atoms with Crippen molar-refractivity contribution in [1.82, 2.24) is 4.98 Å². The molecule has 0 spiro atoms. The third-order valence-electron chi connectivity index (χ3n) is 3.82. The van der Waals surface area contributed by atoms with Gasteiger partial charge in [-0.25, -0.2) is 4.98 Å². The summed E-state index contributed by atoms with van der Waals surface area (Å²) in [5.74, 6) is 0.0633. The number of ether oxygens (including phenoxy) is 1. The molecule has 3 rings (SSSR count). The molecule has 0 aliphatic heterocycles. The molecular formula is C19H17N3O4S2. The van der Waals surface area contributed by atoms with Gasteiger partial charge in [-0.3, -0.25) is 14.9 Å². The van der Waals surface area contributed by atoms with Crippen LogP contribution in [-0.2, 0) is 0 Å². The highest BCUT2D eigenvalue weighted by Crippen LogP contribution is 2.37. The summed E-state index contributed by atoms with van der Waals surface area (Å²) in [6, 6.07) is 9.81. The van der Waals surface area contributed by atoms with Gasteiger partial charge in [-0.05, 0) is 43.7 Å². The summed E-state index contributed by atoms with van der Waals surface area (Å²) in [5, 5.41) is 16.2. The number of thiazole rings is 1. The number of amides is 1. The molecule has 0 bridgehead atoms. The number of hydrogen-bond acceptors (Lipinski definition) is 7. The summed E-state index contributed by atoms with van der Waals surface area (Å²) < 4.78 is 5.96. The van der Waals surface area contributed by atoms with E-state index in [0.29, 0.717) is 20.7 Å². The zero-order chi connectivity index (χ0) is 20.3. The highest BCUT2D eigenvalue weighted by Gasteiger charge is 2.20. The average Bonchev–Trinajstić information content (AvgIpc) is 3.06. The van der Waals surface area contributed by atoms with Gasteiger partial charge >= 0.3 is 0 Å². The Morgan fingerprint density at radius 2 is 2.04 bits per heavy atom. The van der Waals surface area contributed by atoms with Crippen molar-refractivity contribution in [2.24, 2.45) is 0 Å². The first-order valence-electron chi connectivity index (χ1n) is 8.22. The molecule has 0 radical (unpaired) electrons. The zero-order valence-corrected chi connectivity index (χ0v) is 17.0. The zero-order valence-electron chi connectivity index (χ0n) is 15.4. The minimum atomic E-state index is -0.493. The van der Waals surface area contributed by atoms with Gasteiger partial charge in [0.05, 0.1) is 22.6 Å². The lowest BCUT2D eigenvalue weighted by atomic mass is 10.1. The molecule has 2 aromatic carbocycles. The van der Waals surface area contributed by atoms with E-state index in [-0.39, 0.29) is 11.3 Å². The number of rotatable bonds is 6. The van der Waals surface area contributed by atoms with E-state index >= 15 is 0 Å². The predicted molar refractivity (Wildman–Crippen MR) is 110 cm³/mol. The maximum absolute atomic E-state index is 12.6. The minimum Gasteiger partial charge on any atom is -0.495 e. The molecule has 9 heteroatoms. The van der Waals surface area contributed by atoms with Crippen molar-refractivity contribution >= 4 is 40.4 Å². The van der Waals surface area contributed by atoms with Crippen LogP contribution in [-0.4, -0.2) is 22.9 Å². The minimum absolute atomic E-state index is 0.137. The van der Waals surface area contributed by atoms with E-state index in [2.05, 4.69) is 10.3 Å². The van der Waals surface area contributed by atoms with Crippen LogP contribution in [0.1, 0.15) is 21.6 Å². The maximum Gasteiger partial charge on any atom is 0.284 e. The Morgan fingerprint density at radius 1 is 1.25 bits per heavy atom. The Morgan fingerprint density at radius 3 is 2.68 bits per heavy atom. The quantitative estimate of drug-likeness (QED) is 0.446. The molecule has 1 heterocycles. The van der Waals surface area contributed by atoms with Crippen LogP contribution in [0.3, 0.4) is 0 Å². The second-order valence-corrected chi connectivity index (χ2v) is 8.10. The molecule has 1 aromatic heterocycles. The van der Waals surface area contributed by atoms with Crippen molar-refractivity contribution < 1.29 is 14.5 Å². The van der Waals surface area contributed by atoms with E-state index in [4.69, 9.17) is 4.74 Å². The molecule has 1 N–H and O–H groups in total. The van der Waals surface area contributed by atoms with E-state index in [1.165, 1.54) is 36.3 Å². The van der Waals surface area contributed by atoms with E-state index in [0.717, 1.165) is 11.3 Å². The lowest BCUT2D eigenvalue weighted by molar-refractivity contribution is -0.387. The second kappa shape index (κ2) is 8.41. The number of aromatic nitrogens is 1. The Hall–Kier alpha value is -2.91. The van der Waals surface area contributed by atoms with Crippen molar-refractivity contribution in [2.75, 3.05) is 12.4 Å². The van der Waals surface area contributed by atoms with Gasteiger partial charge in [0.25, 0.3) is 11.6 Å². The Labute approximate surface area is 169 Å². The molecule has 0 aliphatic rings. The summed E-state index contributed by atoms with van der Waals surface area (Å²) in [6.07, 6.45) is 0. The molecule has 1 amide bonds. The molecule has 0 fully saturated rings. The Balaban J connectivity index is 1.88. The van der Waals surface area contributed by atoms with E-state index < -0.39 is 10.8 Å². The van der Waals surface area contributed by atoms with Crippen molar-refractivity contribution in [1.29, 1.82) is 0 Å². The average molecular weight is 415 g/mol. The van der Waals surface area contributed by atoms with Gasteiger partial charge in [-0.15, -0.1) is 11.3 Å². The van der Waals surface area contributed by atoms with E-state index in [1.807, 2.05) is 25.3 Å². The topological polar surface area (TPSA) is 94.4 Å². The molecule has 3 aromatic rings. The number of benzene rings is 2. The Kier molecular flexibility index (Phi) is 5.96. The van der Waals surface area contributed by atoms with Crippen LogP contribution in [0.25, 0.3) is 0 Å². The molecule has 28 heavy (non-hydrogen) atoms. The van der Waals surface area contributed by atoms with Crippen LogP contribution < -0.4 is 10.1 Å². The van der Waals surface area contributed by atoms with E-state index in [9.17, 15) is 14.9 Å². The number of hydrogen-bond donors (Lipinski definition) is 1. The molecule has 7 nitrogen and oxygen atoms in total. The standard InChI is InChI=1S/C19H17N3O4S2/c1-11-4-6-16(26-3)14(8-11)21-18(23)13-5-7-17(15(9-13)22(24)25)28-19-20-12(2)10-27-19/h4-10H,1-3H3,(H,21,23). The SMILES string of the molecule is COc1ccc(C)cc1NC(=O)c1ccc(Sc2nc(C)cs2)c([N+](=O)[O-])c1.